The lowest BCUT2D eigenvalue weighted by atomic mass is 9.83. The summed E-state index contributed by atoms with van der Waals surface area (Å²) in [7, 11) is 3.96. The van der Waals surface area contributed by atoms with E-state index in [2.05, 4.69) is 14.8 Å². The minimum Gasteiger partial charge on any atom is -0.458 e. The molecule has 1 aliphatic carbocycles. The number of rotatable bonds is 5. The number of allylic oxidation sites excluding steroid dienone is 1. The van der Waals surface area contributed by atoms with Crippen LogP contribution in [0.1, 0.15) is 18.9 Å². The Morgan fingerprint density at radius 2 is 2.10 bits per heavy atom. The van der Waals surface area contributed by atoms with Crippen LogP contribution in [0.15, 0.2) is 42.5 Å². The van der Waals surface area contributed by atoms with Crippen LogP contribution in [0, 0.1) is 11.8 Å². The Hall–Kier alpha value is -1.55. The molecular formula is C17H23BO3. The monoisotopic (exact) mass is 286 g/mol. The van der Waals surface area contributed by atoms with Crippen molar-refractivity contribution in [2.45, 2.75) is 31.9 Å². The molecule has 112 valence electrons. The molecule has 0 heterocycles. The van der Waals surface area contributed by atoms with Crippen molar-refractivity contribution in [3.63, 3.8) is 0 Å². The Balaban J connectivity index is 1.82. The molecule has 21 heavy (non-hydrogen) atoms. The molecule has 0 amide bonds. The molecule has 0 saturated heterocycles. The Morgan fingerprint density at radius 1 is 1.38 bits per heavy atom. The second kappa shape index (κ2) is 7.46. The lowest BCUT2D eigenvalue weighted by Gasteiger charge is -2.19. The van der Waals surface area contributed by atoms with E-state index in [1.807, 2.05) is 36.4 Å². The summed E-state index contributed by atoms with van der Waals surface area (Å²) in [4.78, 5) is 11.8. The van der Waals surface area contributed by atoms with Gasteiger partial charge in [0.15, 0.2) is 0 Å². The topological polar surface area (TPSA) is 35.5 Å². The zero-order chi connectivity index (χ0) is 15.2. The molecule has 0 aliphatic heterocycles. The number of hydrogen-bond donors (Lipinski definition) is 0. The van der Waals surface area contributed by atoms with E-state index in [1.54, 1.807) is 13.2 Å². The number of hydrogen-bond acceptors (Lipinski definition) is 3. The van der Waals surface area contributed by atoms with E-state index in [0.29, 0.717) is 24.3 Å². The molecule has 0 spiro atoms. The van der Waals surface area contributed by atoms with Crippen molar-refractivity contribution >= 4 is 13.8 Å². The summed E-state index contributed by atoms with van der Waals surface area (Å²) in [5.41, 5.74) is 1.00. The van der Waals surface area contributed by atoms with Gasteiger partial charge in [0, 0.05) is 13.2 Å². The summed E-state index contributed by atoms with van der Waals surface area (Å²) < 4.78 is 10.8. The van der Waals surface area contributed by atoms with Gasteiger partial charge in [0.2, 0.25) is 0 Å². The molecule has 1 saturated carbocycles. The number of benzene rings is 1. The minimum atomic E-state index is -0.278. The van der Waals surface area contributed by atoms with Crippen molar-refractivity contribution in [1.29, 1.82) is 0 Å². The highest BCUT2D eigenvalue weighted by Crippen LogP contribution is 2.40. The average Bonchev–Trinajstić information content (AvgIpc) is 2.77. The van der Waals surface area contributed by atoms with Crippen LogP contribution < -0.4 is 0 Å². The van der Waals surface area contributed by atoms with E-state index in [4.69, 9.17) is 9.47 Å². The Kier molecular flexibility index (Phi) is 5.63. The van der Waals surface area contributed by atoms with Gasteiger partial charge in [-0.3, -0.25) is 0 Å². The predicted octanol–water partition coefficient (Wildman–Crippen LogP) is 2.38. The van der Waals surface area contributed by atoms with Crippen molar-refractivity contribution < 1.29 is 14.3 Å². The first kappa shape index (κ1) is 15.8. The number of ether oxygens (including phenoxy) is 2. The van der Waals surface area contributed by atoms with Crippen LogP contribution >= 0.6 is 0 Å². The molecule has 4 atom stereocenters. The van der Waals surface area contributed by atoms with Gasteiger partial charge in [-0.2, -0.15) is 0 Å². The van der Waals surface area contributed by atoms with E-state index < -0.39 is 0 Å². The van der Waals surface area contributed by atoms with Crippen LogP contribution in [-0.2, 0) is 20.9 Å². The molecule has 0 unspecified atom stereocenters. The third kappa shape index (κ3) is 4.21. The van der Waals surface area contributed by atoms with E-state index in [9.17, 15) is 4.79 Å². The average molecular weight is 286 g/mol. The van der Waals surface area contributed by atoms with E-state index >= 15 is 0 Å². The van der Waals surface area contributed by atoms with Gasteiger partial charge in [0.05, 0.1) is 6.10 Å². The number of methoxy groups -OCH3 is 1. The molecule has 3 nitrogen and oxygen atoms in total. The van der Waals surface area contributed by atoms with Gasteiger partial charge < -0.3 is 9.47 Å². The molecule has 1 aromatic carbocycles. The zero-order valence-electron chi connectivity index (χ0n) is 13.0. The summed E-state index contributed by atoms with van der Waals surface area (Å²) in [6.07, 6.45) is 4.88. The minimum absolute atomic E-state index is 0.278. The van der Waals surface area contributed by atoms with E-state index in [0.717, 1.165) is 12.0 Å². The summed E-state index contributed by atoms with van der Waals surface area (Å²) in [5, 5.41) is 0. The number of esters is 1. The van der Waals surface area contributed by atoms with Crippen LogP contribution in [0.2, 0.25) is 5.82 Å². The van der Waals surface area contributed by atoms with Crippen LogP contribution in [0.25, 0.3) is 0 Å². The highest BCUT2D eigenvalue weighted by molar-refractivity contribution is 6.12. The summed E-state index contributed by atoms with van der Waals surface area (Å²) in [6, 6.07) is 9.71. The van der Waals surface area contributed by atoms with Crippen LogP contribution in [-0.4, -0.2) is 27.0 Å². The first-order chi connectivity index (χ1) is 10.1. The van der Waals surface area contributed by atoms with Crippen molar-refractivity contribution in [1.82, 2.24) is 0 Å². The molecule has 4 heteroatoms. The fourth-order valence-corrected chi connectivity index (χ4v) is 3.22. The maximum Gasteiger partial charge on any atom is 0.330 e. The summed E-state index contributed by atoms with van der Waals surface area (Å²) >= 11 is 0. The maximum absolute atomic E-state index is 11.8. The van der Waals surface area contributed by atoms with Crippen molar-refractivity contribution in [2.75, 3.05) is 7.11 Å². The summed E-state index contributed by atoms with van der Waals surface area (Å²) in [6.45, 7) is 2.50. The van der Waals surface area contributed by atoms with Gasteiger partial charge in [-0.05, 0) is 29.6 Å². The lowest BCUT2D eigenvalue weighted by molar-refractivity contribution is -0.139. The number of carbonyl (C=O) groups excluding carboxylic acids is 1. The lowest BCUT2D eigenvalue weighted by Crippen LogP contribution is -2.20. The molecule has 2 rings (SSSR count). The first-order valence-corrected chi connectivity index (χ1v) is 7.53. The van der Waals surface area contributed by atoms with Gasteiger partial charge >= 0.3 is 5.97 Å². The van der Waals surface area contributed by atoms with Gasteiger partial charge in [0.1, 0.15) is 14.5 Å². The Bertz CT molecular complexity index is 486. The van der Waals surface area contributed by atoms with Crippen LogP contribution in [0.4, 0.5) is 0 Å². The van der Waals surface area contributed by atoms with Gasteiger partial charge in [0.25, 0.3) is 0 Å². The van der Waals surface area contributed by atoms with E-state index in [-0.39, 0.29) is 12.1 Å². The first-order valence-electron chi connectivity index (χ1n) is 7.53. The molecule has 1 aliphatic rings. The smallest absolute Gasteiger partial charge is 0.330 e. The molecular weight excluding hydrogens is 263 g/mol. The predicted molar refractivity (Wildman–Crippen MR) is 85.7 cm³/mol. The van der Waals surface area contributed by atoms with Crippen molar-refractivity contribution in [3.8, 4) is 0 Å². The molecule has 1 fully saturated rings. The van der Waals surface area contributed by atoms with Gasteiger partial charge in [-0.25, -0.2) is 4.79 Å². The fourth-order valence-electron chi connectivity index (χ4n) is 3.22. The highest BCUT2D eigenvalue weighted by Gasteiger charge is 2.36. The Labute approximate surface area is 127 Å². The third-order valence-corrected chi connectivity index (χ3v) is 4.37. The van der Waals surface area contributed by atoms with Gasteiger partial charge in [-0.15, -0.1) is 0 Å². The van der Waals surface area contributed by atoms with Gasteiger partial charge in [-0.1, -0.05) is 43.3 Å². The third-order valence-electron chi connectivity index (χ3n) is 4.37. The van der Waals surface area contributed by atoms with Crippen LogP contribution in [0.5, 0.6) is 0 Å². The fraction of sp³-hybridized carbons (Fsp3) is 0.471. The Morgan fingerprint density at radius 3 is 2.71 bits per heavy atom. The largest absolute Gasteiger partial charge is 0.458 e. The second-order valence-electron chi connectivity index (χ2n) is 5.89. The molecule has 1 aromatic rings. The quantitative estimate of drug-likeness (QED) is 0.473. The van der Waals surface area contributed by atoms with E-state index in [1.165, 1.54) is 0 Å². The highest BCUT2D eigenvalue weighted by atomic mass is 16.5. The maximum atomic E-state index is 11.8. The summed E-state index contributed by atoms with van der Waals surface area (Å²) in [5.74, 6) is 1.07. The SMILES string of the molecule is B[C@H]1C[C@H](/C=C/C(=O)OCc2ccccc2)[C@@H](C)[C@H]1OC. The van der Waals surface area contributed by atoms with Crippen molar-refractivity contribution in [3.05, 3.63) is 48.0 Å². The second-order valence-corrected chi connectivity index (χ2v) is 5.89. The zero-order valence-corrected chi connectivity index (χ0v) is 13.0. The number of carbonyl (C=O) groups is 1. The molecule has 0 N–H and O–H groups in total. The molecule has 0 radical (unpaired) electrons. The normalized spacial score (nSPS) is 28.9. The van der Waals surface area contributed by atoms with Crippen molar-refractivity contribution in [2.24, 2.45) is 11.8 Å². The molecule has 0 aromatic heterocycles. The molecule has 0 bridgehead atoms. The van der Waals surface area contributed by atoms with Crippen LogP contribution in [0.3, 0.4) is 0 Å². The standard InChI is InChI=1S/C17H23BO3/c1-12-14(10-15(18)17(12)20-2)8-9-16(19)21-11-13-6-4-3-5-7-13/h3-9,12,14-15,17H,10-11,18H2,1-2H3/b9-8+/t12-,14+,15+,17-/m1/s1.